The highest BCUT2D eigenvalue weighted by molar-refractivity contribution is 5.82. The van der Waals surface area contributed by atoms with Crippen molar-refractivity contribution in [3.63, 3.8) is 0 Å². The van der Waals surface area contributed by atoms with Crippen LogP contribution in [0.15, 0.2) is 60.4 Å². The first-order valence-corrected chi connectivity index (χ1v) is 9.90. The van der Waals surface area contributed by atoms with Crippen molar-refractivity contribution >= 4 is 5.97 Å². The molecular weight excluding hydrogens is 454 g/mol. The topological polar surface area (TPSA) is 44.8 Å². The molecule has 3 rings (SSSR count). The van der Waals surface area contributed by atoms with E-state index in [1.54, 1.807) is 13.8 Å². The number of hydrogen-bond donors (Lipinski definition) is 0. The summed E-state index contributed by atoms with van der Waals surface area (Å²) in [5, 5.41) is 0. The summed E-state index contributed by atoms with van der Waals surface area (Å²) < 4.78 is 93.8. The monoisotopic (exact) mass is 474 g/mol. The normalized spacial score (nSPS) is 20.6. The van der Waals surface area contributed by atoms with E-state index < -0.39 is 47.9 Å². The van der Waals surface area contributed by atoms with E-state index in [9.17, 15) is 31.1 Å². The lowest BCUT2D eigenvalue weighted by Crippen LogP contribution is -2.22. The van der Waals surface area contributed by atoms with Gasteiger partial charge in [0.05, 0.1) is 29.4 Å². The van der Waals surface area contributed by atoms with Crippen LogP contribution < -0.4 is 0 Å². The summed E-state index contributed by atoms with van der Waals surface area (Å²) in [6.07, 6.45) is -10.3. The zero-order chi connectivity index (χ0) is 24.4. The van der Waals surface area contributed by atoms with Crippen molar-refractivity contribution in [2.45, 2.75) is 51.1 Å². The van der Waals surface area contributed by atoms with Crippen LogP contribution in [-0.4, -0.2) is 12.1 Å². The van der Waals surface area contributed by atoms with Gasteiger partial charge in [-0.3, -0.25) is 0 Å². The SMILES string of the molecule is CC(C)OC(=O)C=C1C[C@@H](c2ccc(C(F)(F)F)cc2)O[C@@H](c2ccc(C(F)(F)F)cc2)O1. The zero-order valence-corrected chi connectivity index (χ0v) is 17.5. The smallest absolute Gasteiger partial charge is 0.416 e. The largest absolute Gasteiger partial charge is 0.465 e. The molecule has 4 nitrogen and oxygen atoms in total. The molecule has 0 saturated carbocycles. The van der Waals surface area contributed by atoms with E-state index in [1.165, 1.54) is 24.3 Å². The lowest BCUT2D eigenvalue weighted by molar-refractivity contribution is -0.191. The van der Waals surface area contributed by atoms with Crippen LogP contribution in [0.3, 0.4) is 0 Å². The van der Waals surface area contributed by atoms with Crippen molar-refractivity contribution in [3.05, 3.63) is 82.6 Å². The number of esters is 1. The molecule has 10 heteroatoms. The van der Waals surface area contributed by atoms with Crippen molar-refractivity contribution in [1.82, 2.24) is 0 Å². The van der Waals surface area contributed by atoms with Gasteiger partial charge in [-0.2, -0.15) is 26.3 Å². The Bertz CT molecular complexity index is 924. The fraction of sp³-hybridized carbons (Fsp3) is 0.348. The van der Waals surface area contributed by atoms with Crippen molar-refractivity contribution < 1.29 is 45.3 Å². The summed E-state index contributed by atoms with van der Waals surface area (Å²) in [5.41, 5.74) is -1.08. The van der Waals surface area contributed by atoms with Gasteiger partial charge in [0.25, 0.3) is 0 Å². The molecular formula is C23H20F6O4. The van der Waals surface area contributed by atoms with Gasteiger partial charge in [0.15, 0.2) is 0 Å². The standard InChI is InChI=1S/C23H20F6O4/c1-13(2)31-20(30)12-18-11-19(14-3-7-16(8-4-14)22(24,25)26)33-21(32-18)15-5-9-17(10-6-15)23(27,28)29/h3-10,12-13,19,21H,11H2,1-2H3/t19-,21-/m0/s1. The predicted molar refractivity (Wildman–Crippen MR) is 104 cm³/mol. The zero-order valence-electron chi connectivity index (χ0n) is 17.5. The number of ether oxygens (including phenoxy) is 3. The van der Waals surface area contributed by atoms with E-state index in [0.29, 0.717) is 5.56 Å². The first-order chi connectivity index (χ1) is 15.3. The minimum absolute atomic E-state index is 0.00962. The molecule has 1 aliphatic rings. The van der Waals surface area contributed by atoms with Crippen molar-refractivity contribution in [1.29, 1.82) is 0 Å². The van der Waals surface area contributed by atoms with Gasteiger partial charge in [-0.15, -0.1) is 0 Å². The van der Waals surface area contributed by atoms with Crippen LogP contribution in [-0.2, 0) is 31.4 Å². The Labute approximate surface area is 185 Å². The number of carbonyl (C=O) groups excluding carboxylic acids is 1. The van der Waals surface area contributed by atoms with Crippen LogP contribution in [0.1, 0.15) is 54.9 Å². The van der Waals surface area contributed by atoms with Crippen LogP contribution in [0.5, 0.6) is 0 Å². The average Bonchev–Trinajstić information content (AvgIpc) is 2.72. The summed E-state index contributed by atoms with van der Waals surface area (Å²) in [4.78, 5) is 12.0. The first-order valence-electron chi connectivity index (χ1n) is 9.90. The van der Waals surface area contributed by atoms with Crippen LogP contribution in [0, 0.1) is 0 Å². The number of halogens is 6. The molecule has 1 saturated heterocycles. The second kappa shape index (κ2) is 9.46. The lowest BCUT2D eigenvalue weighted by atomic mass is 10.0. The molecule has 2 aromatic rings. The summed E-state index contributed by atoms with van der Waals surface area (Å²) in [7, 11) is 0. The lowest BCUT2D eigenvalue weighted by Gasteiger charge is -2.33. The molecule has 1 aliphatic heterocycles. The van der Waals surface area contributed by atoms with E-state index in [4.69, 9.17) is 14.2 Å². The second-order valence-electron chi connectivity index (χ2n) is 7.61. The van der Waals surface area contributed by atoms with Gasteiger partial charge >= 0.3 is 18.3 Å². The number of benzene rings is 2. The van der Waals surface area contributed by atoms with E-state index in [2.05, 4.69) is 0 Å². The van der Waals surface area contributed by atoms with Gasteiger partial charge in [-0.05, 0) is 43.7 Å². The van der Waals surface area contributed by atoms with Crippen molar-refractivity contribution in [3.8, 4) is 0 Å². The Morgan fingerprint density at radius 2 is 1.39 bits per heavy atom. The molecule has 1 fully saturated rings. The maximum atomic E-state index is 12.9. The molecule has 0 N–H and O–H groups in total. The number of hydrogen-bond acceptors (Lipinski definition) is 4. The molecule has 0 unspecified atom stereocenters. The van der Waals surface area contributed by atoms with E-state index >= 15 is 0 Å². The minimum Gasteiger partial charge on any atom is -0.465 e. The van der Waals surface area contributed by atoms with Gasteiger partial charge in [-0.1, -0.05) is 24.3 Å². The summed E-state index contributed by atoms with van der Waals surface area (Å²) in [5.74, 6) is -0.569. The van der Waals surface area contributed by atoms with Gasteiger partial charge < -0.3 is 14.2 Å². The molecule has 2 atom stereocenters. The van der Waals surface area contributed by atoms with Crippen LogP contribution in [0.4, 0.5) is 26.3 Å². The third-order valence-electron chi connectivity index (χ3n) is 4.68. The van der Waals surface area contributed by atoms with Crippen molar-refractivity contribution in [2.75, 3.05) is 0 Å². The Morgan fingerprint density at radius 1 is 0.909 bits per heavy atom. The van der Waals surface area contributed by atoms with E-state index in [0.717, 1.165) is 30.3 Å². The van der Waals surface area contributed by atoms with Gasteiger partial charge in [-0.25, -0.2) is 4.79 Å². The second-order valence-corrected chi connectivity index (χ2v) is 7.61. The highest BCUT2D eigenvalue weighted by Crippen LogP contribution is 2.41. The molecule has 0 amide bonds. The van der Waals surface area contributed by atoms with Crippen LogP contribution in [0.25, 0.3) is 0 Å². The molecule has 0 aromatic heterocycles. The Balaban J connectivity index is 1.90. The Hall–Kier alpha value is -3.01. The fourth-order valence-corrected chi connectivity index (χ4v) is 3.14. The number of carbonyl (C=O) groups is 1. The Kier molecular flexibility index (Phi) is 7.06. The maximum absolute atomic E-state index is 12.9. The Morgan fingerprint density at radius 3 is 1.85 bits per heavy atom. The summed E-state index contributed by atoms with van der Waals surface area (Å²) in [6.45, 7) is 3.30. The van der Waals surface area contributed by atoms with Gasteiger partial charge in [0, 0.05) is 12.0 Å². The number of alkyl halides is 6. The molecule has 33 heavy (non-hydrogen) atoms. The predicted octanol–water partition coefficient (Wildman–Crippen LogP) is 6.74. The molecule has 178 valence electrons. The van der Waals surface area contributed by atoms with Crippen LogP contribution in [0.2, 0.25) is 0 Å². The summed E-state index contributed by atoms with van der Waals surface area (Å²) in [6, 6.07) is 8.36. The number of rotatable bonds is 4. The molecule has 0 aliphatic carbocycles. The first kappa shape index (κ1) is 24.6. The molecule has 2 aromatic carbocycles. The highest BCUT2D eigenvalue weighted by Gasteiger charge is 2.34. The molecule has 0 radical (unpaired) electrons. The molecule has 0 bridgehead atoms. The maximum Gasteiger partial charge on any atom is 0.416 e. The van der Waals surface area contributed by atoms with Gasteiger partial charge in [0.2, 0.25) is 6.29 Å². The fourth-order valence-electron chi connectivity index (χ4n) is 3.14. The van der Waals surface area contributed by atoms with Gasteiger partial charge in [0.1, 0.15) is 5.76 Å². The quantitative estimate of drug-likeness (QED) is 0.280. The molecule has 0 spiro atoms. The molecule has 1 heterocycles. The van der Waals surface area contributed by atoms with E-state index in [1.807, 2.05) is 0 Å². The summed E-state index contributed by atoms with van der Waals surface area (Å²) >= 11 is 0. The van der Waals surface area contributed by atoms with E-state index in [-0.39, 0.29) is 17.7 Å². The third-order valence-corrected chi connectivity index (χ3v) is 4.68. The average molecular weight is 474 g/mol. The van der Waals surface area contributed by atoms with Crippen molar-refractivity contribution in [2.24, 2.45) is 0 Å². The minimum atomic E-state index is -4.53. The highest BCUT2D eigenvalue weighted by atomic mass is 19.4. The third kappa shape index (κ3) is 6.50. The van der Waals surface area contributed by atoms with Crippen LogP contribution >= 0.6 is 0 Å².